The third-order valence-corrected chi connectivity index (χ3v) is 2.99. The molecule has 0 saturated heterocycles. The van der Waals surface area contributed by atoms with Gasteiger partial charge >= 0.3 is 5.97 Å². The molecule has 4 nitrogen and oxygen atoms in total. The Hall–Kier alpha value is -0.230. The molecule has 1 atom stereocenters. The third kappa shape index (κ3) is 3.02. The Balaban J connectivity index is 2.23. The molecular weight excluding hydrogens is 244 g/mol. The molecule has 0 aromatic rings. The highest BCUT2D eigenvalue weighted by molar-refractivity contribution is 9.09. The summed E-state index contributed by atoms with van der Waals surface area (Å²) in [6.07, 6.45) is 0. The van der Waals surface area contributed by atoms with Crippen LogP contribution in [0.4, 0.5) is 0 Å². The van der Waals surface area contributed by atoms with Crippen LogP contribution in [0.3, 0.4) is 0 Å². The largest absolute Gasteiger partial charge is 0.481 e. The van der Waals surface area contributed by atoms with Crippen molar-refractivity contribution in [1.29, 1.82) is 0 Å². The van der Waals surface area contributed by atoms with Crippen LogP contribution in [0.2, 0.25) is 0 Å². The predicted molar refractivity (Wildman–Crippen MR) is 53.1 cm³/mol. The Kier molecular flexibility index (Phi) is 3.87. The molecule has 0 saturated carbocycles. The number of carboxylic acids is 1. The van der Waals surface area contributed by atoms with Crippen molar-refractivity contribution in [3.8, 4) is 0 Å². The average molecular weight is 253 g/mol. The minimum absolute atomic E-state index is 0.0703. The smallest absolute Gasteiger partial charge is 0.313 e. The van der Waals surface area contributed by atoms with Gasteiger partial charge in [-0.05, 0) is 0 Å². The van der Waals surface area contributed by atoms with E-state index in [0.29, 0.717) is 6.04 Å². The molecule has 0 aliphatic carbocycles. The van der Waals surface area contributed by atoms with E-state index in [1.807, 2.05) is 0 Å². The first-order chi connectivity index (χ1) is 5.72. The zero-order chi connectivity index (χ0) is 8.97. The molecule has 1 aliphatic rings. The molecule has 2 N–H and O–H groups in total. The first kappa shape index (κ1) is 9.85. The van der Waals surface area contributed by atoms with Crippen LogP contribution in [0.5, 0.6) is 0 Å². The molecule has 1 heterocycles. The summed E-state index contributed by atoms with van der Waals surface area (Å²) in [5, 5.41) is 13.1. The van der Waals surface area contributed by atoms with E-state index in [9.17, 15) is 4.79 Å². The maximum Gasteiger partial charge on any atom is 0.313 e. The van der Waals surface area contributed by atoms with Gasteiger partial charge in [0, 0.05) is 5.33 Å². The Morgan fingerprint density at radius 3 is 3.17 bits per heavy atom. The third-order valence-electron chi connectivity index (χ3n) is 1.30. The molecule has 0 bridgehead atoms. The van der Waals surface area contributed by atoms with E-state index in [1.54, 1.807) is 0 Å². The quantitative estimate of drug-likeness (QED) is 0.720. The van der Waals surface area contributed by atoms with Crippen molar-refractivity contribution in [2.45, 2.75) is 6.04 Å². The zero-order valence-corrected chi connectivity index (χ0v) is 8.69. The molecule has 6 heteroatoms. The normalized spacial score (nSPS) is 21.8. The molecule has 1 rings (SSSR count). The van der Waals surface area contributed by atoms with Gasteiger partial charge in [-0.25, -0.2) is 0 Å². The lowest BCUT2D eigenvalue weighted by molar-refractivity contribution is -0.133. The highest BCUT2D eigenvalue weighted by atomic mass is 79.9. The number of nitrogens with zero attached hydrogens (tertiary/aromatic N) is 1. The van der Waals surface area contributed by atoms with Gasteiger partial charge < -0.3 is 10.4 Å². The lowest BCUT2D eigenvalue weighted by atomic mass is 10.4. The van der Waals surface area contributed by atoms with Crippen LogP contribution in [0.25, 0.3) is 0 Å². The van der Waals surface area contributed by atoms with Crippen molar-refractivity contribution in [2.75, 3.05) is 17.6 Å². The summed E-state index contributed by atoms with van der Waals surface area (Å²) in [4.78, 5) is 14.3. The molecule has 1 unspecified atom stereocenters. The van der Waals surface area contributed by atoms with Crippen LogP contribution >= 0.6 is 27.7 Å². The topological polar surface area (TPSA) is 61.7 Å². The van der Waals surface area contributed by atoms with Gasteiger partial charge in [0.25, 0.3) is 0 Å². The van der Waals surface area contributed by atoms with Gasteiger partial charge in [-0.15, -0.1) is 0 Å². The molecule has 12 heavy (non-hydrogen) atoms. The second-order valence-electron chi connectivity index (χ2n) is 2.32. The van der Waals surface area contributed by atoms with Gasteiger partial charge in [0.05, 0.1) is 18.3 Å². The molecule has 0 spiro atoms. The summed E-state index contributed by atoms with van der Waals surface area (Å²) >= 11 is 4.55. The monoisotopic (exact) mass is 252 g/mol. The number of hydrogen-bond acceptors (Lipinski definition) is 4. The fourth-order valence-electron chi connectivity index (χ4n) is 0.764. The lowest BCUT2D eigenvalue weighted by Crippen LogP contribution is -2.30. The Bertz CT molecular complexity index is 210. The molecular formula is C6H9BrN2O2S. The van der Waals surface area contributed by atoms with Gasteiger partial charge in [0.15, 0.2) is 5.17 Å². The summed E-state index contributed by atoms with van der Waals surface area (Å²) in [6, 6.07) is 0.321. The molecule has 68 valence electrons. The summed E-state index contributed by atoms with van der Waals surface area (Å²) in [5.41, 5.74) is 0. The zero-order valence-electron chi connectivity index (χ0n) is 6.29. The molecule has 0 amide bonds. The van der Waals surface area contributed by atoms with Crippen LogP contribution in [0, 0.1) is 0 Å². The van der Waals surface area contributed by atoms with Crippen molar-refractivity contribution in [3.63, 3.8) is 0 Å². The maximum atomic E-state index is 10.2. The second-order valence-corrected chi connectivity index (χ2v) is 3.94. The number of aliphatic carboxylic acids is 1. The number of aliphatic imine (C=N–C) groups is 1. The Labute approximate surface area is 82.9 Å². The number of carbonyl (C=O) groups is 1. The van der Waals surface area contributed by atoms with E-state index < -0.39 is 5.97 Å². The summed E-state index contributed by atoms with van der Waals surface area (Å²) in [5.74, 6) is -0.743. The van der Waals surface area contributed by atoms with Crippen LogP contribution in [-0.4, -0.2) is 39.9 Å². The number of halogens is 1. The number of hydrogen-bond donors (Lipinski definition) is 2. The first-order valence-corrected chi connectivity index (χ1v) is 5.54. The van der Waals surface area contributed by atoms with Crippen LogP contribution in [0.15, 0.2) is 4.99 Å². The number of amidine groups is 1. The number of alkyl halides is 1. The summed E-state index contributed by atoms with van der Waals surface area (Å²) in [6.45, 7) is 0.729. The van der Waals surface area contributed by atoms with Crippen molar-refractivity contribution < 1.29 is 9.90 Å². The van der Waals surface area contributed by atoms with Gasteiger partial charge in [-0.1, -0.05) is 27.7 Å². The molecule has 0 aromatic heterocycles. The minimum Gasteiger partial charge on any atom is -0.481 e. The lowest BCUT2D eigenvalue weighted by Gasteiger charge is -2.05. The Morgan fingerprint density at radius 1 is 1.92 bits per heavy atom. The second kappa shape index (κ2) is 4.71. The summed E-state index contributed by atoms with van der Waals surface area (Å²) in [7, 11) is 0. The van der Waals surface area contributed by atoms with E-state index in [4.69, 9.17) is 5.11 Å². The number of thioether (sulfide) groups is 1. The highest BCUT2D eigenvalue weighted by Crippen LogP contribution is 2.09. The van der Waals surface area contributed by atoms with E-state index in [0.717, 1.165) is 17.0 Å². The van der Waals surface area contributed by atoms with E-state index in [2.05, 4.69) is 26.2 Å². The van der Waals surface area contributed by atoms with Crippen molar-refractivity contribution in [3.05, 3.63) is 0 Å². The predicted octanol–water partition coefficient (Wildman–Crippen LogP) is 0.527. The maximum absolute atomic E-state index is 10.2. The van der Waals surface area contributed by atoms with Crippen molar-refractivity contribution >= 4 is 38.8 Å². The van der Waals surface area contributed by atoms with Gasteiger partial charge in [-0.2, -0.15) is 0 Å². The summed E-state index contributed by atoms with van der Waals surface area (Å²) < 4.78 is 0. The first-order valence-electron chi connectivity index (χ1n) is 3.44. The van der Waals surface area contributed by atoms with E-state index >= 15 is 0 Å². The molecule has 0 aromatic carbocycles. The Morgan fingerprint density at radius 2 is 2.67 bits per heavy atom. The van der Waals surface area contributed by atoms with Gasteiger partial charge in [0.2, 0.25) is 0 Å². The van der Waals surface area contributed by atoms with Gasteiger partial charge in [-0.3, -0.25) is 9.79 Å². The number of nitrogens with one attached hydrogen (secondary N) is 1. The SMILES string of the molecule is O=C(O)CSC1=NCC(CBr)N1. The number of rotatable bonds is 3. The average Bonchev–Trinajstić information content (AvgIpc) is 2.48. The van der Waals surface area contributed by atoms with Crippen LogP contribution in [-0.2, 0) is 4.79 Å². The van der Waals surface area contributed by atoms with E-state index in [1.165, 1.54) is 11.8 Å². The standard InChI is InChI=1S/C6H9BrN2O2S/c7-1-4-2-8-6(9-4)12-3-5(10)11/h4H,1-3H2,(H,8,9)(H,10,11). The van der Waals surface area contributed by atoms with Crippen LogP contribution in [0.1, 0.15) is 0 Å². The molecule has 1 aliphatic heterocycles. The number of carboxylic acid groups (broad SMARTS) is 1. The molecule has 0 fully saturated rings. The molecule has 0 radical (unpaired) electrons. The van der Waals surface area contributed by atoms with E-state index in [-0.39, 0.29) is 5.75 Å². The van der Waals surface area contributed by atoms with Crippen LogP contribution < -0.4 is 5.32 Å². The van der Waals surface area contributed by atoms with Crippen molar-refractivity contribution in [2.24, 2.45) is 4.99 Å². The highest BCUT2D eigenvalue weighted by Gasteiger charge is 2.16. The van der Waals surface area contributed by atoms with Gasteiger partial charge in [0.1, 0.15) is 0 Å². The fraction of sp³-hybridized carbons (Fsp3) is 0.667. The minimum atomic E-state index is -0.813. The fourth-order valence-corrected chi connectivity index (χ4v) is 1.81. The van der Waals surface area contributed by atoms with Crippen molar-refractivity contribution in [1.82, 2.24) is 5.32 Å².